The second-order valence-electron chi connectivity index (χ2n) is 4.41. The molecule has 0 unspecified atom stereocenters. The van der Waals surface area contributed by atoms with Gasteiger partial charge in [-0.2, -0.15) is 5.10 Å². The minimum absolute atomic E-state index is 0.0544. The van der Waals surface area contributed by atoms with Gasteiger partial charge >= 0.3 is 0 Å². The number of carbonyl (C=O) groups excluding carboxylic acids is 1. The monoisotopic (exact) mass is 298 g/mol. The molecule has 1 aliphatic rings. The van der Waals surface area contributed by atoms with Crippen molar-refractivity contribution < 1.29 is 9.90 Å². The summed E-state index contributed by atoms with van der Waals surface area (Å²) < 4.78 is 0. The van der Waals surface area contributed by atoms with Gasteiger partial charge in [0.15, 0.2) is 0 Å². The molecule has 6 heteroatoms. The second-order valence-corrected chi connectivity index (χ2v) is 5.26. The van der Waals surface area contributed by atoms with Crippen molar-refractivity contribution >= 4 is 35.3 Å². The molecule has 19 heavy (non-hydrogen) atoms. The van der Waals surface area contributed by atoms with Crippen LogP contribution in [-0.2, 0) is 4.79 Å². The Hall–Kier alpha value is -1.52. The maximum atomic E-state index is 11.6. The number of hydrogen-bond donors (Lipinski definition) is 2. The minimum Gasteiger partial charge on any atom is -0.506 e. The first-order chi connectivity index (χ1) is 8.97. The molecule has 1 aromatic rings. The summed E-state index contributed by atoms with van der Waals surface area (Å²) in [5, 5.41) is 14.0. The quantitative estimate of drug-likeness (QED) is 0.512. The van der Waals surface area contributed by atoms with Crippen molar-refractivity contribution in [1.82, 2.24) is 5.43 Å². The molecule has 1 amide bonds. The fourth-order valence-corrected chi connectivity index (χ4v) is 2.27. The molecule has 0 atom stereocenters. The fraction of sp³-hybridized carbons (Fsp3) is 0.231. The third-order valence-corrected chi connectivity index (χ3v) is 3.38. The van der Waals surface area contributed by atoms with Crippen LogP contribution in [0.15, 0.2) is 29.4 Å². The average Bonchev–Trinajstić information content (AvgIpc) is 2.31. The van der Waals surface area contributed by atoms with Gasteiger partial charge in [0.25, 0.3) is 0 Å². The molecule has 0 saturated heterocycles. The lowest BCUT2D eigenvalue weighted by Gasteiger charge is -2.25. The van der Waals surface area contributed by atoms with Crippen LogP contribution in [0, 0.1) is 5.92 Å². The van der Waals surface area contributed by atoms with Crippen LogP contribution < -0.4 is 5.43 Å². The first-order valence-corrected chi connectivity index (χ1v) is 6.40. The predicted molar refractivity (Wildman–Crippen MR) is 75.7 cm³/mol. The lowest BCUT2D eigenvalue weighted by Crippen LogP contribution is -2.32. The van der Waals surface area contributed by atoms with Crippen LogP contribution in [-0.4, -0.2) is 17.2 Å². The number of phenolic OH excluding ortho intramolecular Hbond substituents is 1. The normalized spacial score (nSPS) is 15.6. The van der Waals surface area contributed by atoms with E-state index in [0.717, 1.165) is 5.57 Å². The highest BCUT2D eigenvalue weighted by Crippen LogP contribution is 2.31. The van der Waals surface area contributed by atoms with E-state index in [1.165, 1.54) is 18.3 Å². The van der Waals surface area contributed by atoms with Crippen LogP contribution in [0.25, 0.3) is 0 Å². The Labute approximate surface area is 120 Å². The zero-order valence-electron chi connectivity index (χ0n) is 9.99. The van der Waals surface area contributed by atoms with Crippen LogP contribution in [0.4, 0.5) is 0 Å². The summed E-state index contributed by atoms with van der Waals surface area (Å²) in [5.41, 5.74) is 3.83. The number of aromatic hydroxyl groups is 1. The second kappa shape index (κ2) is 5.63. The van der Waals surface area contributed by atoms with E-state index in [9.17, 15) is 9.90 Å². The van der Waals surface area contributed by atoms with Gasteiger partial charge in [-0.25, -0.2) is 5.43 Å². The molecule has 2 N–H and O–H groups in total. The first kappa shape index (κ1) is 13.9. The molecule has 100 valence electrons. The first-order valence-electron chi connectivity index (χ1n) is 5.65. The number of hydrogen-bond acceptors (Lipinski definition) is 3. The van der Waals surface area contributed by atoms with E-state index >= 15 is 0 Å². The number of allylic oxidation sites excluding steroid dienone is 1. The highest BCUT2D eigenvalue weighted by atomic mass is 35.5. The molecule has 0 aliphatic heterocycles. The molecule has 0 spiro atoms. The van der Waals surface area contributed by atoms with Crippen molar-refractivity contribution in [3.63, 3.8) is 0 Å². The molecular formula is C13H12Cl2N2O2. The SMILES string of the molecule is C=C1CC(C(=O)N/N=C\c2cc(Cl)cc(Cl)c2O)C1. The number of nitrogens with zero attached hydrogens (tertiary/aromatic N) is 1. The van der Waals surface area contributed by atoms with Crippen LogP contribution in [0.3, 0.4) is 0 Å². The standard InChI is InChI=1S/C13H12Cl2N2O2/c1-7-2-8(3-7)13(19)17-16-6-9-4-10(14)5-11(15)12(9)18/h4-6,8,18H,1-3H2,(H,17,19)/b16-6-. The summed E-state index contributed by atoms with van der Waals surface area (Å²) in [5.74, 6) is -0.335. The summed E-state index contributed by atoms with van der Waals surface area (Å²) >= 11 is 11.6. The lowest BCUT2D eigenvalue weighted by atomic mass is 9.81. The van der Waals surface area contributed by atoms with E-state index < -0.39 is 0 Å². The van der Waals surface area contributed by atoms with Crippen molar-refractivity contribution in [2.45, 2.75) is 12.8 Å². The van der Waals surface area contributed by atoms with E-state index in [0.29, 0.717) is 23.4 Å². The van der Waals surface area contributed by atoms with E-state index in [-0.39, 0.29) is 22.6 Å². The molecule has 0 radical (unpaired) electrons. The van der Waals surface area contributed by atoms with E-state index in [1.807, 2.05) is 0 Å². The van der Waals surface area contributed by atoms with Crippen molar-refractivity contribution in [3.8, 4) is 5.75 Å². The van der Waals surface area contributed by atoms with E-state index in [2.05, 4.69) is 17.1 Å². The molecule has 1 fully saturated rings. The van der Waals surface area contributed by atoms with Gasteiger partial charge in [0, 0.05) is 16.5 Å². The minimum atomic E-state index is -0.156. The van der Waals surface area contributed by atoms with Crippen molar-refractivity contribution in [2.24, 2.45) is 11.0 Å². The lowest BCUT2D eigenvalue weighted by molar-refractivity contribution is -0.126. The van der Waals surface area contributed by atoms with Gasteiger partial charge in [0.05, 0.1) is 11.2 Å². The van der Waals surface area contributed by atoms with Gasteiger partial charge in [-0.15, -0.1) is 0 Å². The van der Waals surface area contributed by atoms with E-state index in [4.69, 9.17) is 23.2 Å². The molecular weight excluding hydrogens is 287 g/mol. The maximum Gasteiger partial charge on any atom is 0.243 e. The highest BCUT2D eigenvalue weighted by Gasteiger charge is 2.28. The van der Waals surface area contributed by atoms with Gasteiger partial charge in [0.1, 0.15) is 5.75 Å². The van der Waals surface area contributed by atoms with Crippen molar-refractivity contribution in [2.75, 3.05) is 0 Å². The smallest absolute Gasteiger partial charge is 0.243 e. The highest BCUT2D eigenvalue weighted by molar-refractivity contribution is 6.36. The third kappa shape index (κ3) is 3.28. The topological polar surface area (TPSA) is 61.7 Å². The van der Waals surface area contributed by atoms with Crippen LogP contribution >= 0.6 is 23.2 Å². The summed E-state index contributed by atoms with van der Waals surface area (Å²) in [6.07, 6.45) is 2.71. The van der Waals surface area contributed by atoms with Gasteiger partial charge in [-0.05, 0) is 25.0 Å². The number of carbonyl (C=O) groups is 1. The Morgan fingerprint density at radius 1 is 1.47 bits per heavy atom. The summed E-state index contributed by atoms with van der Waals surface area (Å²) in [7, 11) is 0. The predicted octanol–water partition coefficient (Wildman–Crippen LogP) is 3.12. The number of halogens is 2. The van der Waals surface area contributed by atoms with Gasteiger partial charge < -0.3 is 5.11 Å². The zero-order valence-corrected chi connectivity index (χ0v) is 11.5. The Bertz CT molecular complexity index is 562. The zero-order chi connectivity index (χ0) is 14.0. The number of amides is 1. The third-order valence-electron chi connectivity index (χ3n) is 2.88. The Balaban J connectivity index is 1.99. The van der Waals surface area contributed by atoms with Crippen LogP contribution in [0.1, 0.15) is 18.4 Å². The van der Waals surface area contributed by atoms with Gasteiger partial charge in [-0.1, -0.05) is 35.4 Å². The fourth-order valence-electron chi connectivity index (χ4n) is 1.76. The average molecular weight is 299 g/mol. The number of nitrogens with one attached hydrogen (secondary N) is 1. The number of benzene rings is 1. The molecule has 0 heterocycles. The molecule has 1 aliphatic carbocycles. The van der Waals surface area contributed by atoms with Gasteiger partial charge in [-0.3, -0.25) is 4.79 Å². The van der Waals surface area contributed by atoms with Crippen molar-refractivity contribution in [1.29, 1.82) is 0 Å². The number of rotatable bonds is 3. The Morgan fingerprint density at radius 3 is 2.79 bits per heavy atom. The molecule has 4 nitrogen and oxygen atoms in total. The number of hydrazone groups is 1. The Kier molecular flexibility index (Phi) is 4.12. The number of phenols is 1. The van der Waals surface area contributed by atoms with Crippen LogP contribution in [0.5, 0.6) is 5.75 Å². The summed E-state index contributed by atoms with van der Waals surface area (Å²) in [6.45, 7) is 3.77. The molecule has 0 aromatic heterocycles. The van der Waals surface area contributed by atoms with E-state index in [1.54, 1.807) is 0 Å². The van der Waals surface area contributed by atoms with Gasteiger partial charge in [0.2, 0.25) is 5.91 Å². The molecule has 1 aromatic carbocycles. The Morgan fingerprint density at radius 2 is 2.16 bits per heavy atom. The van der Waals surface area contributed by atoms with Crippen LogP contribution in [0.2, 0.25) is 10.0 Å². The molecule has 1 saturated carbocycles. The van der Waals surface area contributed by atoms with Crippen molar-refractivity contribution in [3.05, 3.63) is 39.9 Å². The summed E-state index contributed by atoms with van der Waals surface area (Å²) in [6, 6.07) is 2.93. The summed E-state index contributed by atoms with van der Waals surface area (Å²) in [4.78, 5) is 11.6. The largest absolute Gasteiger partial charge is 0.506 e. The molecule has 0 bridgehead atoms. The maximum absolute atomic E-state index is 11.6. The molecule has 2 rings (SSSR count).